The number of rotatable bonds is 4. The van der Waals surface area contributed by atoms with Crippen molar-refractivity contribution in [2.24, 2.45) is 11.3 Å². The monoisotopic (exact) mass is 461 g/mol. The summed E-state index contributed by atoms with van der Waals surface area (Å²) < 4.78 is 4.69. The number of methoxy groups -OCH3 is 1. The first-order valence-electron chi connectivity index (χ1n) is 12.1. The highest BCUT2D eigenvalue weighted by Gasteiger charge is 2.43. The third-order valence-electron chi connectivity index (χ3n) is 7.90. The molecule has 34 heavy (non-hydrogen) atoms. The Kier molecular flexibility index (Phi) is 6.11. The number of carbonyl (C=O) groups is 3. The number of benzene rings is 1. The highest BCUT2D eigenvalue weighted by Crippen LogP contribution is 2.41. The van der Waals surface area contributed by atoms with Crippen LogP contribution in [0.2, 0.25) is 0 Å². The van der Waals surface area contributed by atoms with Crippen LogP contribution in [-0.4, -0.2) is 65.9 Å². The molecule has 1 aliphatic carbocycles. The van der Waals surface area contributed by atoms with Gasteiger partial charge in [-0.25, -0.2) is 4.79 Å². The molecule has 1 aromatic carbocycles. The number of hydrogen-bond donors (Lipinski definition) is 0. The quantitative estimate of drug-likeness (QED) is 0.654. The maximum atomic E-state index is 13.0. The van der Waals surface area contributed by atoms with E-state index in [1.807, 2.05) is 9.80 Å². The predicted molar refractivity (Wildman–Crippen MR) is 126 cm³/mol. The molecule has 1 aromatic heterocycles. The Balaban J connectivity index is 1.12. The Bertz CT molecular complexity index is 1060. The number of piperidine rings is 1. The van der Waals surface area contributed by atoms with Crippen LogP contribution in [0, 0.1) is 11.3 Å². The number of carbonyl (C=O) groups excluding carboxylic acids is 3. The van der Waals surface area contributed by atoms with Crippen LogP contribution < -0.4 is 0 Å². The maximum Gasteiger partial charge on any atom is 0.339 e. The third-order valence-corrected chi connectivity index (χ3v) is 7.90. The molecule has 0 atom stereocenters. The number of ether oxygens (including phenoxy) is 1. The topological polar surface area (TPSA) is 79.8 Å². The second kappa shape index (κ2) is 9.20. The van der Waals surface area contributed by atoms with Crippen LogP contribution in [0.1, 0.15) is 57.7 Å². The van der Waals surface area contributed by atoms with Gasteiger partial charge in [0.05, 0.1) is 12.7 Å². The van der Waals surface area contributed by atoms with Crippen LogP contribution in [0.5, 0.6) is 0 Å². The molecule has 2 amide bonds. The molecule has 5 rings (SSSR count). The average molecular weight is 462 g/mol. The number of aromatic nitrogens is 1. The van der Waals surface area contributed by atoms with Crippen LogP contribution in [0.3, 0.4) is 0 Å². The number of fused-ring (bicyclic) bond motifs is 1. The molecule has 0 N–H and O–H groups in total. The molecule has 2 saturated heterocycles. The Morgan fingerprint density at radius 2 is 1.62 bits per heavy atom. The fourth-order valence-electron chi connectivity index (χ4n) is 5.84. The summed E-state index contributed by atoms with van der Waals surface area (Å²) >= 11 is 0. The van der Waals surface area contributed by atoms with Gasteiger partial charge in [0.25, 0.3) is 5.91 Å². The first-order chi connectivity index (χ1) is 16.5. The van der Waals surface area contributed by atoms with Crippen LogP contribution in [0.25, 0.3) is 0 Å². The van der Waals surface area contributed by atoms with Crippen molar-refractivity contribution in [3.8, 4) is 0 Å². The van der Waals surface area contributed by atoms with Gasteiger partial charge >= 0.3 is 5.97 Å². The highest BCUT2D eigenvalue weighted by molar-refractivity contribution is 5.94. The summed E-state index contributed by atoms with van der Waals surface area (Å²) in [6, 6.07) is 11.7. The number of likely N-dealkylation sites (tertiary alicyclic amines) is 2. The van der Waals surface area contributed by atoms with Crippen molar-refractivity contribution in [3.05, 3.63) is 65.0 Å². The molecule has 3 heterocycles. The lowest BCUT2D eigenvalue weighted by molar-refractivity contribution is -0.134. The van der Waals surface area contributed by atoms with E-state index in [-0.39, 0.29) is 17.2 Å². The molecule has 178 valence electrons. The zero-order chi connectivity index (χ0) is 23.7. The van der Waals surface area contributed by atoms with Gasteiger partial charge < -0.3 is 14.5 Å². The minimum Gasteiger partial charge on any atom is -0.465 e. The third kappa shape index (κ3) is 4.43. The summed E-state index contributed by atoms with van der Waals surface area (Å²) in [5, 5.41) is 0. The van der Waals surface area contributed by atoms with Gasteiger partial charge in [-0.2, -0.15) is 0 Å². The van der Waals surface area contributed by atoms with E-state index in [1.165, 1.54) is 24.4 Å². The fraction of sp³-hybridized carbons (Fsp3) is 0.481. The number of nitrogens with zero attached hydrogens (tertiary/aromatic N) is 3. The largest absolute Gasteiger partial charge is 0.465 e. The Labute approximate surface area is 200 Å². The van der Waals surface area contributed by atoms with E-state index >= 15 is 0 Å². The molecule has 2 fully saturated rings. The second-order valence-corrected chi connectivity index (χ2v) is 10.0. The highest BCUT2D eigenvalue weighted by atomic mass is 16.5. The van der Waals surface area contributed by atoms with Crippen molar-refractivity contribution >= 4 is 17.8 Å². The zero-order valence-electron chi connectivity index (χ0n) is 19.7. The average Bonchev–Trinajstić information content (AvgIpc) is 3.47. The molecular formula is C27H31N3O4. The first kappa shape index (κ1) is 22.6. The summed E-state index contributed by atoms with van der Waals surface area (Å²) in [4.78, 5) is 45.6. The molecule has 7 nitrogen and oxygen atoms in total. The smallest absolute Gasteiger partial charge is 0.339 e. The van der Waals surface area contributed by atoms with Crippen LogP contribution in [0.4, 0.5) is 0 Å². The molecule has 2 aromatic rings. The van der Waals surface area contributed by atoms with E-state index < -0.39 is 5.97 Å². The normalized spacial score (nSPS) is 19.3. The molecule has 0 bridgehead atoms. The minimum atomic E-state index is -0.467. The van der Waals surface area contributed by atoms with Crippen molar-refractivity contribution in [2.75, 3.05) is 33.3 Å². The van der Waals surface area contributed by atoms with E-state index in [1.54, 1.807) is 12.1 Å². The summed E-state index contributed by atoms with van der Waals surface area (Å²) in [5.74, 6) is 0.116. The lowest BCUT2D eigenvalue weighted by Gasteiger charge is -2.39. The van der Waals surface area contributed by atoms with Crippen molar-refractivity contribution < 1.29 is 19.1 Å². The lowest BCUT2D eigenvalue weighted by atomic mass is 9.77. The van der Waals surface area contributed by atoms with Gasteiger partial charge in [0.1, 0.15) is 5.69 Å². The molecular weight excluding hydrogens is 430 g/mol. The van der Waals surface area contributed by atoms with Crippen LogP contribution in [-0.2, 0) is 22.4 Å². The molecule has 3 aliphatic rings. The number of amides is 2. The number of pyridine rings is 1. The van der Waals surface area contributed by atoms with Gasteiger partial charge in [-0.3, -0.25) is 14.6 Å². The van der Waals surface area contributed by atoms with Gasteiger partial charge in [-0.15, -0.1) is 0 Å². The van der Waals surface area contributed by atoms with Gasteiger partial charge in [0.2, 0.25) is 5.91 Å². The molecule has 2 aliphatic heterocycles. The van der Waals surface area contributed by atoms with Crippen molar-refractivity contribution in [2.45, 2.75) is 38.5 Å². The van der Waals surface area contributed by atoms with E-state index in [2.05, 4.69) is 34.0 Å². The SMILES string of the molecule is COC(=O)c1ccc(C(=O)N2CCC3(CCN(C(=O)CC4Cc5ccccc5C4)CC3)C2)nc1. The number of esters is 1. The summed E-state index contributed by atoms with van der Waals surface area (Å²) in [6.07, 6.45) is 6.84. The maximum absolute atomic E-state index is 13.0. The Morgan fingerprint density at radius 3 is 2.21 bits per heavy atom. The van der Waals surface area contributed by atoms with Gasteiger partial charge in [0, 0.05) is 38.8 Å². The number of hydrogen-bond acceptors (Lipinski definition) is 5. The fourth-order valence-corrected chi connectivity index (χ4v) is 5.84. The summed E-state index contributed by atoms with van der Waals surface area (Å²) in [7, 11) is 1.32. The second-order valence-electron chi connectivity index (χ2n) is 10.0. The molecule has 0 unspecified atom stereocenters. The summed E-state index contributed by atoms with van der Waals surface area (Å²) in [6.45, 7) is 2.94. The Morgan fingerprint density at radius 1 is 0.971 bits per heavy atom. The standard InChI is InChI=1S/C27H31N3O4/c1-34-26(33)22-6-7-23(28-17-22)25(32)30-13-10-27(18-30)8-11-29(12-9-27)24(31)16-19-14-20-4-2-3-5-21(20)15-19/h2-7,17,19H,8-16,18H2,1H3. The van der Waals surface area contributed by atoms with E-state index in [0.717, 1.165) is 45.2 Å². The zero-order valence-corrected chi connectivity index (χ0v) is 19.7. The van der Waals surface area contributed by atoms with Gasteiger partial charge in [0.15, 0.2) is 0 Å². The molecule has 7 heteroatoms. The van der Waals surface area contributed by atoms with Crippen molar-refractivity contribution in [1.29, 1.82) is 0 Å². The van der Waals surface area contributed by atoms with Crippen LogP contribution in [0.15, 0.2) is 42.6 Å². The van der Waals surface area contributed by atoms with Crippen molar-refractivity contribution in [3.63, 3.8) is 0 Å². The summed E-state index contributed by atoms with van der Waals surface area (Å²) in [5.41, 5.74) is 3.54. The predicted octanol–water partition coefficient (Wildman–Crippen LogP) is 3.13. The van der Waals surface area contributed by atoms with Crippen molar-refractivity contribution in [1.82, 2.24) is 14.8 Å². The van der Waals surface area contributed by atoms with E-state index in [0.29, 0.717) is 36.7 Å². The first-order valence-corrected chi connectivity index (χ1v) is 12.1. The Hall–Kier alpha value is -3.22. The van der Waals surface area contributed by atoms with E-state index in [4.69, 9.17) is 0 Å². The van der Waals surface area contributed by atoms with Crippen LogP contribution >= 0.6 is 0 Å². The lowest BCUT2D eigenvalue weighted by Crippen LogP contribution is -2.45. The molecule has 1 spiro atoms. The van der Waals surface area contributed by atoms with E-state index in [9.17, 15) is 14.4 Å². The van der Waals surface area contributed by atoms with Gasteiger partial charge in [-0.05, 0) is 66.7 Å². The molecule has 0 radical (unpaired) electrons. The van der Waals surface area contributed by atoms with Gasteiger partial charge in [-0.1, -0.05) is 24.3 Å². The molecule has 0 saturated carbocycles. The minimum absolute atomic E-state index is 0.0853.